The van der Waals surface area contributed by atoms with Gasteiger partial charge in [0.2, 0.25) is 11.3 Å². The molecule has 0 aromatic rings. The molecule has 1 rings (SSSR count). The minimum absolute atomic E-state index is 0.176. The van der Waals surface area contributed by atoms with Crippen molar-refractivity contribution in [2.24, 2.45) is 5.73 Å². The summed E-state index contributed by atoms with van der Waals surface area (Å²) in [4.78, 5) is 12.8. The predicted octanol–water partition coefficient (Wildman–Crippen LogP) is -1.22. The van der Waals surface area contributed by atoms with Crippen molar-refractivity contribution in [1.82, 2.24) is 14.3 Å². The highest BCUT2D eigenvalue weighted by Gasteiger charge is 2.29. The predicted molar refractivity (Wildman–Crippen MR) is 71.4 cm³/mol. The Morgan fingerprint density at radius 1 is 1.47 bits per heavy atom. The molecule has 19 heavy (non-hydrogen) atoms. The number of nitrogens with zero attached hydrogens (tertiary/aromatic N) is 3. The maximum atomic E-state index is 11.3. The van der Waals surface area contributed by atoms with Gasteiger partial charge in [0, 0.05) is 19.1 Å². The maximum absolute atomic E-state index is 11.3. The molecule has 0 radical (unpaired) electrons. The lowest BCUT2D eigenvalue weighted by atomic mass is 10.1. The molecule has 0 bridgehead atoms. The summed E-state index contributed by atoms with van der Waals surface area (Å²) in [5.74, 6) is -1.18. The summed E-state index contributed by atoms with van der Waals surface area (Å²) in [6.07, 6.45) is 1.73. The summed E-state index contributed by atoms with van der Waals surface area (Å²) in [5, 5.41) is 10.5. The molecule has 9 heteroatoms. The second-order valence-electron chi connectivity index (χ2n) is 4.86. The van der Waals surface area contributed by atoms with Crippen LogP contribution in [0.15, 0.2) is 0 Å². The number of rotatable bonds is 6. The highest BCUT2D eigenvalue weighted by molar-refractivity contribution is 7.76. The third-order valence-corrected chi connectivity index (χ3v) is 4.08. The Bertz CT molecular complexity index is 333. The number of hydrazine groups is 1. The zero-order valence-corrected chi connectivity index (χ0v) is 12.0. The Morgan fingerprint density at radius 3 is 2.37 bits per heavy atom. The largest absolute Gasteiger partial charge is 0.480 e. The highest BCUT2D eigenvalue weighted by atomic mass is 32.2. The average molecular weight is 294 g/mol. The molecule has 8 nitrogen and oxygen atoms in total. The van der Waals surface area contributed by atoms with Crippen molar-refractivity contribution in [3.05, 3.63) is 0 Å². The molecule has 1 saturated heterocycles. The van der Waals surface area contributed by atoms with Crippen LogP contribution in [-0.4, -0.2) is 80.0 Å². The molecule has 0 amide bonds. The van der Waals surface area contributed by atoms with E-state index in [0.29, 0.717) is 19.1 Å². The summed E-state index contributed by atoms with van der Waals surface area (Å²) in [5.41, 5.74) is 5.42. The van der Waals surface area contributed by atoms with Crippen LogP contribution in [-0.2, 0) is 16.1 Å². The van der Waals surface area contributed by atoms with Crippen LogP contribution in [0.25, 0.3) is 0 Å². The Labute approximate surface area is 115 Å². The number of carboxylic acids is 1. The first-order valence-corrected chi connectivity index (χ1v) is 7.17. The zero-order chi connectivity index (χ0) is 14.6. The van der Waals surface area contributed by atoms with Gasteiger partial charge in [-0.2, -0.15) is 0 Å². The van der Waals surface area contributed by atoms with Crippen molar-refractivity contribution in [3.63, 3.8) is 0 Å². The van der Waals surface area contributed by atoms with Crippen LogP contribution in [0.4, 0.5) is 0 Å². The van der Waals surface area contributed by atoms with E-state index in [9.17, 15) is 13.6 Å². The number of aliphatic carboxylic acids is 1. The number of piperidine rings is 1. The summed E-state index contributed by atoms with van der Waals surface area (Å²) in [7, 11) is 4.01. The number of hydrogen-bond donors (Lipinski definition) is 3. The van der Waals surface area contributed by atoms with E-state index in [1.807, 2.05) is 14.1 Å². The van der Waals surface area contributed by atoms with E-state index in [1.165, 1.54) is 0 Å². The summed E-state index contributed by atoms with van der Waals surface area (Å²) in [6, 6.07) is -0.735. The first-order valence-electron chi connectivity index (χ1n) is 6.11. The van der Waals surface area contributed by atoms with Gasteiger partial charge in [0.25, 0.3) is 0 Å². The van der Waals surface area contributed by atoms with Crippen LogP contribution < -0.4 is 5.73 Å². The third kappa shape index (κ3) is 4.79. The first kappa shape index (κ1) is 16.5. The quantitative estimate of drug-likeness (QED) is 0.526. The van der Waals surface area contributed by atoms with Crippen molar-refractivity contribution in [2.45, 2.75) is 24.9 Å². The minimum atomic E-state index is -2.26. The van der Waals surface area contributed by atoms with E-state index >= 15 is 0 Å². The lowest BCUT2D eigenvalue weighted by Crippen LogP contribution is -2.54. The van der Waals surface area contributed by atoms with Crippen LogP contribution in [0, 0.1) is 0 Å². The van der Waals surface area contributed by atoms with Crippen LogP contribution in [0.3, 0.4) is 0 Å². The summed E-state index contributed by atoms with van der Waals surface area (Å²) >= 11 is -2.26. The van der Waals surface area contributed by atoms with E-state index in [-0.39, 0.29) is 6.54 Å². The topological polar surface area (TPSA) is 110 Å². The molecule has 1 aliphatic rings. The molecule has 0 aromatic carbocycles. The molecule has 1 fully saturated rings. The number of hydrogen-bond acceptors (Lipinski definition) is 5. The monoisotopic (exact) mass is 294 g/mol. The van der Waals surface area contributed by atoms with Gasteiger partial charge in [-0.3, -0.25) is 9.35 Å². The maximum Gasteiger partial charge on any atom is 0.321 e. The zero-order valence-electron chi connectivity index (χ0n) is 11.2. The van der Waals surface area contributed by atoms with Crippen molar-refractivity contribution in [1.29, 1.82) is 0 Å². The molecule has 0 spiro atoms. The van der Waals surface area contributed by atoms with Crippen LogP contribution in [0.2, 0.25) is 0 Å². The molecule has 4 N–H and O–H groups in total. The Balaban J connectivity index is 2.59. The van der Waals surface area contributed by atoms with E-state index in [4.69, 9.17) is 10.8 Å². The second kappa shape index (κ2) is 7.27. The van der Waals surface area contributed by atoms with Gasteiger partial charge >= 0.3 is 5.97 Å². The van der Waals surface area contributed by atoms with E-state index < -0.39 is 23.3 Å². The fourth-order valence-corrected chi connectivity index (χ4v) is 2.77. The summed E-state index contributed by atoms with van der Waals surface area (Å²) < 4.78 is 21.7. The molecular weight excluding hydrogens is 272 g/mol. The van der Waals surface area contributed by atoms with Gasteiger partial charge in [-0.1, -0.05) is 0 Å². The molecule has 0 aromatic heterocycles. The standard InChI is InChI=1S/C10H22N4O4S/c1-12(2)8-3-5-13(6-4-8)14(19(17)18)7-9(11)10(15)16/h8-9H,3-7,11H2,1-2H3,(H,15,16)(H,17,18). The van der Waals surface area contributed by atoms with Gasteiger partial charge in [-0.15, -0.1) is 4.41 Å². The van der Waals surface area contributed by atoms with Crippen molar-refractivity contribution >= 4 is 17.2 Å². The molecule has 0 saturated carbocycles. The molecular formula is C10H22N4O4S. The van der Waals surface area contributed by atoms with Crippen molar-refractivity contribution in [3.8, 4) is 0 Å². The van der Waals surface area contributed by atoms with Crippen LogP contribution >= 0.6 is 0 Å². The fourth-order valence-electron chi connectivity index (χ4n) is 2.12. The normalized spacial score (nSPS) is 21.8. The fraction of sp³-hybridized carbons (Fsp3) is 0.900. The lowest BCUT2D eigenvalue weighted by molar-refractivity contribution is -0.139. The molecule has 1 heterocycles. The molecule has 1 aliphatic heterocycles. The highest BCUT2D eigenvalue weighted by Crippen LogP contribution is 2.16. The van der Waals surface area contributed by atoms with Crippen molar-refractivity contribution in [2.75, 3.05) is 33.7 Å². The van der Waals surface area contributed by atoms with Gasteiger partial charge < -0.3 is 15.7 Å². The first-order chi connectivity index (χ1) is 8.82. The van der Waals surface area contributed by atoms with E-state index in [2.05, 4.69) is 4.90 Å². The van der Waals surface area contributed by atoms with Gasteiger partial charge in [0.05, 0.1) is 6.54 Å². The molecule has 112 valence electrons. The number of nitrogens with two attached hydrogens (primary N) is 1. The van der Waals surface area contributed by atoms with Gasteiger partial charge in [0.1, 0.15) is 6.04 Å². The third-order valence-electron chi connectivity index (χ3n) is 3.34. The van der Waals surface area contributed by atoms with E-state index in [1.54, 1.807) is 5.01 Å². The molecule has 2 atom stereocenters. The van der Waals surface area contributed by atoms with Gasteiger partial charge in [0.15, 0.2) is 0 Å². The smallest absolute Gasteiger partial charge is 0.321 e. The van der Waals surface area contributed by atoms with Crippen LogP contribution in [0.5, 0.6) is 0 Å². The number of carboxylic acid groups (broad SMARTS) is 1. The van der Waals surface area contributed by atoms with Gasteiger partial charge in [-0.05, 0) is 26.9 Å². The minimum Gasteiger partial charge on any atom is -0.480 e. The summed E-state index contributed by atoms with van der Waals surface area (Å²) in [6.45, 7) is 1.05. The average Bonchev–Trinajstić information content (AvgIpc) is 2.35. The van der Waals surface area contributed by atoms with Gasteiger partial charge in [-0.25, -0.2) is 9.22 Å². The Kier molecular flexibility index (Phi) is 6.30. The van der Waals surface area contributed by atoms with Crippen molar-refractivity contribution < 1.29 is 18.7 Å². The lowest BCUT2D eigenvalue weighted by Gasteiger charge is -2.39. The number of carbonyl (C=O) groups is 1. The molecule has 2 unspecified atom stereocenters. The Hall–Kier alpha value is -0.580. The van der Waals surface area contributed by atoms with Crippen LogP contribution in [0.1, 0.15) is 12.8 Å². The second-order valence-corrected chi connectivity index (χ2v) is 5.74. The SMILES string of the molecule is CN(C)C1CCN(N(CC(N)C(=O)O)S(=O)O)CC1. The van der Waals surface area contributed by atoms with E-state index in [0.717, 1.165) is 17.3 Å². The molecule has 0 aliphatic carbocycles. The Morgan fingerprint density at radius 2 is 2.00 bits per heavy atom.